The van der Waals surface area contributed by atoms with Gasteiger partial charge in [0.15, 0.2) is 0 Å². The van der Waals surface area contributed by atoms with E-state index in [2.05, 4.69) is 91.0 Å². The first-order valence-corrected chi connectivity index (χ1v) is 15.1. The van der Waals surface area contributed by atoms with Crippen molar-refractivity contribution >= 4 is 0 Å². The monoisotopic (exact) mass is 576 g/mol. The van der Waals surface area contributed by atoms with E-state index in [1.54, 1.807) is 0 Å². The highest BCUT2D eigenvalue weighted by Gasteiger charge is 2.09. The summed E-state index contributed by atoms with van der Waals surface area (Å²) >= 11 is 0. The SMILES string of the molecule is OCCCc1ccc(-c2cc(-c3ccc(OCc4ccccc4)cc3)cc(-c3ccc(OCc4ccccc4)cc3)c2)cc1. The van der Waals surface area contributed by atoms with Gasteiger partial charge in [-0.1, -0.05) is 109 Å². The van der Waals surface area contributed by atoms with Crippen LogP contribution in [0.2, 0.25) is 0 Å². The third-order valence-electron chi connectivity index (χ3n) is 7.72. The first-order chi connectivity index (χ1) is 21.7. The van der Waals surface area contributed by atoms with E-state index >= 15 is 0 Å². The zero-order chi connectivity index (χ0) is 30.0. The van der Waals surface area contributed by atoms with Gasteiger partial charge >= 0.3 is 0 Å². The summed E-state index contributed by atoms with van der Waals surface area (Å²) in [4.78, 5) is 0. The number of aryl methyl sites for hydroxylation is 1. The molecule has 0 amide bonds. The van der Waals surface area contributed by atoms with Gasteiger partial charge < -0.3 is 14.6 Å². The summed E-state index contributed by atoms with van der Waals surface area (Å²) in [6.07, 6.45) is 1.65. The van der Waals surface area contributed by atoms with Gasteiger partial charge in [-0.2, -0.15) is 0 Å². The Balaban J connectivity index is 1.26. The maximum absolute atomic E-state index is 9.22. The highest BCUT2D eigenvalue weighted by Crippen LogP contribution is 2.34. The summed E-state index contributed by atoms with van der Waals surface area (Å²) < 4.78 is 12.1. The van der Waals surface area contributed by atoms with E-state index in [1.807, 2.05) is 60.7 Å². The van der Waals surface area contributed by atoms with Crippen molar-refractivity contribution in [2.75, 3.05) is 6.61 Å². The number of rotatable bonds is 12. The zero-order valence-electron chi connectivity index (χ0n) is 24.7. The standard InChI is InChI=1S/C41H36O3/c42-25-7-12-31-13-15-34(16-14-31)37-26-38(35-17-21-40(22-18-35)43-29-32-8-3-1-4-9-32)28-39(27-37)36-19-23-41(24-20-36)44-30-33-10-5-2-6-11-33/h1-6,8-11,13-24,26-28,42H,7,12,25,29-30H2. The van der Waals surface area contributed by atoms with Crippen LogP contribution in [0.5, 0.6) is 11.5 Å². The van der Waals surface area contributed by atoms with E-state index in [0.717, 1.165) is 68.8 Å². The maximum Gasteiger partial charge on any atom is 0.119 e. The molecule has 0 saturated heterocycles. The Morgan fingerprint density at radius 2 is 0.773 bits per heavy atom. The second kappa shape index (κ2) is 14.4. The molecule has 0 atom stereocenters. The van der Waals surface area contributed by atoms with Crippen LogP contribution < -0.4 is 9.47 Å². The van der Waals surface area contributed by atoms with Gasteiger partial charge in [0, 0.05) is 6.61 Å². The molecule has 0 saturated carbocycles. The summed E-state index contributed by atoms with van der Waals surface area (Å²) in [5.74, 6) is 1.69. The van der Waals surface area contributed by atoms with Crippen LogP contribution in [0.25, 0.3) is 33.4 Å². The smallest absolute Gasteiger partial charge is 0.119 e. The van der Waals surface area contributed by atoms with Crippen molar-refractivity contribution in [3.8, 4) is 44.9 Å². The number of aliphatic hydroxyl groups excluding tert-OH is 1. The normalized spacial score (nSPS) is 10.8. The molecular weight excluding hydrogens is 540 g/mol. The lowest BCUT2D eigenvalue weighted by Gasteiger charge is -2.13. The van der Waals surface area contributed by atoms with E-state index in [1.165, 1.54) is 5.56 Å². The predicted octanol–water partition coefficient (Wildman–Crippen LogP) is 9.77. The van der Waals surface area contributed by atoms with E-state index in [-0.39, 0.29) is 6.61 Å². The van der Waals surface area contributed by atoms with Crippen molar-refractivity contribution in [3.05, 3.63) is 168 Å². The molecule has 0 aromatic heterocycles. The first-order valence-electron chi connectivity index (χ1n) is 15.1. The predicted molar refractivity (Wildman–Crippen MR) is 180 cm³/mol. The first kappa shape index (κ1) is 29.0. The summed E-state index contributed by atoms with van der Waals surface area (Å²) in [5, 5.41) is 9.22. The Bertz CT molecular complexity index is 1640. The number of benzene rings is 6. The van der Waals surface area contributed by atoms with Crippen LogP contribution in [-0.4, -0.2) is 11.7 Å². The Morgan fingerprint density at radius 1 is 0.386 bits per heavy atom. The maximum atomic E-state index is 9.22. The lowest BCUT2D eigenvalue weighted by molar-refractivity contribution is 0.288. The molecule has 3 heteroatoms. The quantitative estimate of drug-likeness (QED) is 0.158. The van der Waals surface area contributed by atoms with Crippen molar-refractivity contribution in [2.45, 2.75) is 26.1 Å². The molecule has 44 heavy (non-hydrogen) atoms. The largest absolute Gasteiger partial charge is 0.489 e. The molecule has 0 aliphatic rings. The van der Waals surface area contributed by atoms with E-state index in [0.29, 0.717) is 13.2 Å². The van der Waals surface area contributed by atoms with E-state index in [4.69, 9.17) is 9.47 Å². The zero-order valence-corrected chi connectivity index (χ0v) is 24.7. The van der Waals surface area contributed by atoms with Gasteiger partial charge in [0.1, 0.15) is 24.7 Å². The Labute approximate surface area is 260 Å². The highest BCUT2D eigenvalue weighted by molar-refractivity contribution is 5.81. The molecule has 6 aromatic rings. The molecule has 218 valence electrons. The van der Waals surface area contributed by atoms with Crippen LogP contribution in [-0.2, 0) is 19.6 Å². The van der Waals surface area contributed by atoms with Gasteiger partial charge in [0.25, 0.3) is 0 Å². The van der Waals surface area contributed by atoms with Crippen molar-refractivity contribution < 1.29 is 14.6 Å². The molecule has 0 heterocycles. The second-order valence-corrected chi connectivity index (χ2v) is 10.9. The van der Waals surface area contributed by atoms with Crippen molar-refractivity contribution in [1.29, 1.82) is 0 Å². The molecule has 0 radical (unpaired) electrons. The molecule has 0 spiro atoms. The minimum absolute atomic E-state index is 0.208. The van der Waals surface area contributed by atoms with Gasteiger partial charge in [0.2, 0.25) is 0 Å². The van der Waals surface area contributed by atoms with Crippen LogP contribution in [0.1, 0.15) is 23.1 Å². The Hall–Kier alpha value is -5.12. The molecule has 0 bridgehead atoms. The topological polar surface area (TPSA) is 38.7 Å². The molecule has 3 nitrogen and oxygen atoms in total. The second-order valence-electron chi connectivity index (χ2n) is 10.9. The van der Waals surface area contributed by atoms with E-state index < -0.39 is 0 Å². The third-order valence-corrected chi connectivity index (χ3v) is 7.72. The van der Waals surface area contributed by atoms with Crippen molar-refractivity contribution in [1.82, 2.24) is 0 Å². The lowest BCUT2D eigenvalue weighted by Crippen LogP contribution is -1.95. The van der Waals surface area contributed by atoms with E-state index in [9.17, 15) is 5.11 Å². The van der Waals surface area contributed by atoms with Gasteiger partial charge in [-0.05, 0) is 105 Å². The fourth-order valence-corrected chi connectivity index (χ4v) is 5.24. The van der Waals surface area contributed by atoms with Crippen molar-refractivity contribution in [3.63, 3.8) is 0 Å². The summed E-state index contributed by atoms with van der Waals surface area (Å²) in [7, 11) is 0. The minimum Gasteiger partial charge on any atom is -0.489 e. The van der Waals surface area contributed by atoms with Gasteiger partial charge in [-0.3, -0.25) is 0 Å². The lowest BCUT2D eigenvalue weighted by atomic mass is 9.93. The Kier molecular flexibility index (Phi) is 9.46. The fraction of sp³-hybridized carbons (Fsp3) is 0.122. The third kappa shape index (κ3) is 7.63. The highest BCUT2D eigenvalue weighted by atomic mass is 16.5. The van der Waals surface area contributed by atoms with Gasteiger partial charge in [0.05, 0.1) is 0 Å². The van der Waals surface area contributed by atoms with Gasteiger partial charge in [-0.25, -0.2) is 0 Å². The Morgan fingerprint density at radius 3 is 1.16 bits per heavy atom. The van der Waals surface area contributed by atoms with Crippen LogP contribution in [0.3, 0.4) is 0 Å². The number of ether oxygens (including phenoxy) is 2. The van der Waals surface area contributed by atoms with Crippen molar-refractivity contribution in [2.24, 2.45) is 0 Å². The van der Waals surface area contributed by atoms with Crippen LogP contribution in [0.4, 0.5) is 0 Å². The van der Waals surface area contributed by atoms with Crippen LogP contribution >= 0.6 is 0 Å². The van der Waals surface area contributed by atoms with Gasteiger partial charge in [-0.15, -0.1) is 0 Å². The number of aliphatic hydroxyl groups is 1. The van der Waals surface area contributed by atoms with Crippen LogP contribution in [0.15, 0.2) is 152 Å². The molecule has 6 aromatic carbocycles. The summed E-state index contributed by atoms with van der Waals surface area (Å²) in [5.41, 5.74) is 10.4. The molecule has 0 fully saturated rings. The average Bonchev–Trinajstić information content (AvgIpc) is 3.10. The number of hydrogen-bond donors (Lipinski definition) is 1. The molecule has 1 N–H and O–H groups in total. The fourth-order valence-electron chi connectivity index (χ4n) is 5.24. The van der Waals surface area contributed by atoms with Crippen LogP contribution in [0, 0.1) is 0 Å². The molecular formula is C41H36O3. The summed E-state index contributed by atoms with van der Waals surface area (Å²) in [6.45, 7) is 1.29. The number of hydrogen-bond acceptors (Lipinski definition) is 3. The molecule has 6 rings (SSSR count). The molecule has 0 unspecified atom stereocenters. The minimum atomic E-state index is 0.208. The molecule has 0 aliphatic carbocycles. The molecule has 0 aliphatic heterocycles. The average molecular weight is 577 g/mol. The summed E-state index contributed by atoms with van der Waals surface area (Å²) in [6, 6.07) is 52.5.